The Hall–Kier alpha value is -0.980. The molecule has 0 spiro atoms. The first-order valence-corrected chi connectivity index (χ1v) is 8.60. The molecule has 0 aliphatic rings. The first-order chi connectivity index (χ1) is 9.60. The molecular weight excluding hydrogens is 288 g/mol. The van der Waals surface area contributed by atoms with Crippen molar-refractivity contribution in [2.75, 3.05) is 32.5 Å². The molecule has 0 aliphatic carbocycles. The van der Waals surface area contributed by atoms with E-state index < -0.39 is 0 Å². The molecule has 20 heavy (non-hydrogen) atoms. The summed E-state index contributed by atoms with van der Waals surface area (Å²) in [5.74, 6) is 0. The van der Waals surface area contributed by atoms with Crippen LogP contribution < -0.4 is 5.32 Å². The summed E-state index contributed by atoms with van der Waals surface area (Å²) < 4.78 is 0. The van der Waals surface area contributed by atoms with E-state index in [1.807, 2.05) is 0 Å². The van der Waals surface area contributed by atoms with Gasteiger partial charge in [0.25, 0.3) is 0 Å². The summed E-state index contributed by atoms with van der Waals surface area (Å²) in [6, 6.07) is 0. The van der Waals surface area contributed by atoms with Gasteiger partial charge in [-0.25, -0.2) is 9.97 Å². The third-order valence-corrected chi connectivity index (χ3v) is 4.92. The van der Waals surface area contributed by atoms with Crippen LogP contribution in [0.25, 0.3) is 10.6 Å². The highest BCUT2D eigenvalue weighted by molar-refractivity contribution is 7.16. The van der Waals surface area contributed by atoms with Crippen LogP contribution in [-0.4, -0.2) is 42.1 Å². The number of nitrogens with zero attached hydrogens (tertiary/aromatic N) is 3. The van der Waals surface area contributed by atoms with E-state index >= 15 is 0 Å². The van der Waals surface area contributed by atoms with Gasteiger partial charge in [-0.1, -0.05) is 6.92 Å². The summed E-state index contributed by atoms with van der Waals surface area (Å²) >= 11 is 3.44. The van der Waals surface area contributed by atoms with Crippen molar-refractivity contribution in [2.24, 2.45) is 0 Å². The molecule has 6 heteroatoms. The van der Waals surface area contributed by atoms with E-state index in [1.54, 1.807) is 22.7 Å². The molecule has 110 valence electrons. The van der Waals surface area contributed by atoms with Gasteiger partial charge >= 0.3 is 0 Å². The van der Waals surface area contributed by atoms with Crippen LogP contribution in [0.1, 0.15) is 24.0 Å². The Bertz CT molecular complexity index is 545. The van der Waals surface area contributed by atoms with Gasteiger partial charge in [0.2, 0.25) is 0 Å². The number of likely N-dealkylation sites (N-methyl/N-ethyl adjacent to an activating group) is 1. The van der Waals surface area contributed by atoms with Crippen LogP contribution >= 0.6 is 22.7 Å². The van der Waals surface area contributed by atoms with Gasteiger partial charge in [0, 0.05) is 24.9 Å². The Kier molecular flexibility index (Phi) is 5.51. The molecule has 0 bridgehead atoms. The van der Waals surface area contributed by atoms with Crippen molar-refractivity contribution in [1.82, 2.24) is 14.9 Å². The highest BCUT2D eigenvalue weighted by atomic mass is 32.1. The molecule has 0 aromatic carbocycles. The number of hydrogen-bond acceptors (Lipinski definition) is 6. The average Bonchev–Trinajstić information content (AvgIpc) is 3.00. The fourth-order valence-corrected chi connectivity index (χ4v) is 3.63. The van der Waals surface area contributed by atoms with Gasteiger partial charge in [0.05, 0.1) is 21.3 Å². The average molecular weight is 310 g/mol. The minimum absolute atomic E-state index is 0.975. The number of anilines is 1. The lowest BCUT2D eigenvalue weighted by Gasteiger charge is -2.06. The zero-order valence-electron chi connectivity index (χ0n) is 12.6. The van der Waals surface area contributed by atoms with Gasteiger partial charge in [-0.15, -0.1) is 22.7 Å². The second-order valence-corrected chi connectivity index (χ2v) is 6.98. The van der Waals surface area contributed by atoms with Gasteiger partial charge in [0.1, 0.15) is 0 Å². The maximum Gasteiger partial charge on any atom is 0.183 e. The molecule has 0 aliphatic heterocycles. The molecular formula is C14H22N4S2. The number of aromatic nitrogens is 2. The molecule has 2 rings (SSSR count). The van der Waals surface area contributed by atoms with E-state index in [4.69, 9.17) is 0 Å². The Labute approximate surface area is 128 Å². The maximum absolute atomic E-state index is 4.67. The van der Waals surface area contributed by atoms with Crippen molar-refractivity contribution in [2.45, 2.75) is 26.7 Å². The minimum atomic E-state index is 0.975. The van der Waals surface area contributed by atoms with Gasteiger partial charge in [-0.05, 0) is 27.4 Å². The van der Waals surface area contributed by atoms with E-state index in [1.165, 1.54) is 9.88 Å². The van der Waals surface area contributed by atoms with Crippen LogP contribution in [0.15, 0.2) is 5.38 Å². The molecule has 2 aromatic rings. The van der Waals surface area contributed by atoms with E-state index in [2.05, 4.69) is 53.5 Å². The molecule has 0 saturated carbocycles. The Balaban J connectivity index is 2.09. The topological polar surface area (TPSA) is 41.1 Å². The molecule has 0 radical (unpaired) electrons. The highest BCUT2D eigenvalue weighted by Crippen LogP contribution is 2.32. The standard InChI is InChI=1S/C14H22N4S2/c1-5-7-15-14-17-11(9-19-14)13-10(2)16-12(20-13)6-8-18(3)4/h9H,5-8H2,1-4H3,(H,15,17). The van der Waals surface area contributed by atoms with E-state index in [0.717, 1.165) is 42.5 Å². The fraction of sp³-hybridized carbons (Fsp3) is 0.571. The predicted octanol–water partition coefficient (Wildman–Crippen LogP) is 3.50. The van der Waals surface area contributed by atoms with Gasteiger partial charge in [-0.2, -0.15) is 0 Å². The summed E-state index contributed by atoms with van der Waals surface area (Å²) in [5, 5.41) is 7.66. The largest absolute Gasteiger partial charge is 0.362 e. The second kappa shape index (κ2) is 7.15. The molecule has 4 nitrogen and oxygen atoms in total. The lowest BCUT2D eigenvalue weighted by atomic mass is 10.3. The van der Waals surface area contributed by atoms with Crippen molar-refractivity contribution < 1.29 is 0 Å². The number of rotatable bonds is 7. The van der Waals surface area contributed by atoms with Gasteiger partial charge in [-0.3, -0.25) is 0 Å². The molecule has 0 unspecified atom stereocenters. The molecule has 2 aromatic heterocycles. The first-order valence-electron chi connectivity index (χ1n) is 6.91. The third kappa shape index (κ3) is 4.01. The van der Waals surface area contributed by atoms with Crippen molar-refractivity contribution in [3.05, 3.63) is 16.1 Å². The number of hydrogen-bond donors (Lipinski definition) is 1. The number of nitrogens with one attached hydrogen (secondary N) is 1. The molecule has 0 atom stereocenters. The Morgan fingerprint density at radius 2 is 2.10 bits per heavy atom. The van der Waals surface area contributed by atoms with E-state index in [0.29, 0.717) is 0 Å². The fourth-order valence-electron chi connectivity index (χ4n) is 1.81. The van der Waals surface area contributed by atoms with Crippen LogP contribution in [0.5, 0.6) is 0 Å². The van der Waals surface area contributed by atoms with Crippen molar-refractivity contribution in [3.63, 3.8) is 0 Å². The third-order valence-electron chi connectivity index (χ3n) is 2.88. The number of thiazole rings is 2. The minimum Gasteiger partial charge on any atom is -0.362 e. The molecule has 0 fully saturated rings. The smallest absolute Gasteiger partial charge is 0.183 e. The molecule has 0 amide bonds. The maximum atomic E-state index is 4.67. The lowest BCUT2D eigenvalue weighted by Crippen LogP contribution is -2.14. The van der Waals surface area contributed by atoms with E-state index in [9.17, 15) is 0 Å². The highest BCUT2D eigenvalue weighted by Gasteiger charge is 2.13. The van der Waals surface area contributed by atoms with Crippen LogP contribution in [0.4, 0.5) is 5.13 Å². The van der Waals surface area contributed by atoms with Gasteiger partial charge in [0.15, 0.2) is 5.13 Å². The van der Waals surface area contributed by atoms with Crippen molar-refractivity contribution in [3.8, 4) is 10.6 Å². The molecule has 2 heterocycles. The Morgan fingerprint density at radius 1 is 1.30 bits per heavy atom. The van der Waals surface area contributed by atoms with Crippen molar-refractivity contribution >= 4 is 27.8 Å². The summed E-state index contributed by atoms with van der Waals surface area (Å²) in [5.41, 5.74) is 2.15. The van der Waals surface area contributed by atoms with Crippen LogP contribution in [-0.2, 0) is 6.42 Å². The SMILES string of the molecule is CCCNc1nc(-c2sc(CCN(C)C)nc2C)cs1. The quantitative estimate of drug-likeness (QED) is 0.850. The zero-order valence-corrected chi connectivity index (χ0v) is 14.2. The normalized spacial score (nSPS) is 11.2. The summed E-state index contributed by atoms with van der Waals surface area (Å²) in [6.45, 7) is 6.24. The van der Waals surface area contributed by atoms with Gasteiger partial charge < -0.3 is 10.2 Å². The lowest BCUT2D eigenvalue weighted by molar-refractivity contribution is 0.413. The summed E-state index contributed by atoms with van der Waals surface area (Å²) in [4.78, 5) is 12.7. The van der Waals surface area contributed by atoms with E-state index in [-0.39, 0.29) is 0 Å². The first kappa shape index (κ1) is 15.4. The van der Waals surface area contributed by atoms with Crippen LogP contribution in [0.2, 0.25) is 0 Å². The predicted molar refractivity (Wildman–Crippen MR) is 89.0 cm³/mol. The second-order valence-electron chi connectivity index (χ2n) is 5.04. The molecule has 1 N–H and O–H groups in total. The summed E-state index contributed by atoms with van der Waals surface area (Å²) in [7, 11) is 4.18. The van der Waals surface area contributed by atoms with Crippen molar-refractivity contribution in [1.29, 1.82) is 0 Å². The number of aryl methyl sites for hydroxylation is 1. The molecule has 0 saturated heterocycles. The van der Waals surface area contributed by atoms with Crippen LogP contribution in [0, 0.1) is 6.92 Å². The Morgan fingerprint density at radius 3 is 2.80 bits per heavy atom. The zero-order chi connectivity index (χ0) is 14.5. The summed E-state index contributed by atoms with van der Waals surface area (Å²) in [6.07, 6.45) is 2.12. The monoisotopic (exact) mass is 310 g/mol. The van der Waals surface area contributed by atoms with Crippen LogP contribution in [0.3, 0.4) is 0 Å².